The fourth-order valence-corrected chi connectivity index (χ4v) is 4.82. The summed E-state index contributed by atoms with van der Waals surface area (Å²) in [5.74, 6) is 2.70. The molecule has 2 heterocycles. The number of hydrogen-bond donors (Lipinski definition) is 1. The smallest absolute Gasteiger partial charge is 0.227 e. The fourth-order valence-electron chi connectivity index (χ4n) is 3.99. The maximum atomic E-state index is 12.9. The third kappa shape index (κ3) is 4.06. The highest BCUT2D eigenvalue weighted by atomic mass is 32.2. The van der Waals surface area contributed by atoms with Crippen LogP contribution in [0.1, 0.15) is 64.0 Å². The summed E-state index contributed by atoms with van der Waals surface area (Å²) in [6, 6.07) is 7.66. The maximum Gasteiger partial charge on any atom is 0.227 e. The van der Waals surface area contributed by atoms with Crippen LogP contribution in [0.4, 0.5) is 5.95 Å². The Kier molecular flexibility index (Phi) is 6.23. The van der Waals surface area contributed by atoms with Crippen LogP contribution >= 0.6 is 11.8 Å². The summed E-state index contributed by atoms with van der Waals surface area (Å²) >= 11 is 1.68. The maximum absolute atomic E-state index is 12.9. The highest BCUT2D eigenvalue weighted by Crippen LogP contribution is 2.43. The zero-order valence-corrected chi connectivity index (χ0v) is 17.9. The van der Waals surface area contributed by atoms with Gasteiger partial charge in [-0.1, -0.05) is 49.7 Å². The van der Waals surface area contributed by atoms with Crippen LogP contribution in [-0.4, -0.2) is 32.9 Å². The summed E-state index contributed by atoms with van der Waals surface area (Å²) in [5, 5.41) is 8.95. The number of thioether (sulfide) groups is 1. The molecule has 0 saturated carbocycles. The van der Waals surface area contributed by atoms with Crippen LogP contribution in [0.15, 0.2) is 40.7 Å². The largest absolute Gasteiger partial charge is 0.494 e. The van der Waals surface area contributed by atoms with Crippen molar-refractivity contribution in [3.05, 3.63) is 41.1 Å². The minimum atomic E-state index is -0.297. The van der Waals surface area contributed by atoms with Crippen LogP contribution in [0.25, 0.3) is 0 Å². The topological polar surface area (TPSA) is 69.0 Å². The van der Waals surface area contributed by atoms with E-state index >= 15 is 0 Å². The molecule has 1 atom stereocenters. The Hall–Kier alpha value is -2.28. The Labute approximate surface area is 176 Å². The van der Waals surface area contributed by atoms with Gasteiger partial charge in [0.25, 0.3) is 0 Å². The van der Waals surface area contributed by atoms with Crippen molar-refractivity contribution in [3.63, 3.8) is 0 Å². The van der Waals surface area contributed by atoms with Crippen LogP contribution in [0.5, 0.6) is 5.75 Å². The predicted octanol–water partition coefficient (Wildman–Crippen LogP) is 4.98. The number of carbonyl (C=O) groups excluding carboxylic acids is 1. The Bertz CT molecular complexity index is 921. The summed E-state index contributed by atoms with van der Waals surface area (Å²) < 4.78 is 7.77. The van der Waals surface area contributed by atoms with Crippen molar-refractivity contribution in [2.45, 2.75) is 63.6 Å². The third-order valence-electron chi connectivity index (χ3n) is 5.34. The standard InChI is InChI=1S/C22H28N4O2S/c1-3-5-8-14-29-22-24-21-23-16-11-9-12-17(27)19(16)20(26(21)25-22)15-10-6-7-13-18(15)28-4-2/h6-7,10,13,20H,3-5,8-9,11-12,14H2,1-2H3,(H,23,24,25)/t20-/m0/s1. The summed E-state index contributed by atoms with van der Waals surface area (Å²) in [4.78, 5) is 17.7. The van der Waals surface area contributed by atoms with Gasteiger partial charge in [0, 0.05) is 29.0 Å². The quantitative estimate of drug-likeness (QED) is 0.487. The van der Waals surface area contributed by atoms with E-state index in [1.807, 2.05) is 35.9 Å². The number of nitrogens with one attached hydrogen (secondary N) is 1. The summed E-state index contributed by atoms with van der Waals surface area (Å²) in [6.45, 7) is 4.75. The molecule has 7 heteroatoms. The summed E-state index contributed by atoms with van der Waals surface area (Å²) in [5.41, 5.74) is 2.76. The number of hydrogen-bond acceptors (Lipinski definition) is 6. The van der Waals surface area contributed by atoms with E-state index in [2.05, 4.69) is 12.2 Å². The van der Waals surface area contributed by atoms with E-state index in [0.717, 1.165) is 52.8 Å². The molecule has 2 aromatic rings. The second-order valence-electron chi connectivity index (χ2n) is 7.39. The van der Waals surface area contributed by atoms with Gasteiger partial charge in [-0.3, -0.25) is 4.79 Å². The van der Waals surface area contributed by atoms with Crippen molar-refractivity contribution >= 4 is 23.5 Å². The molecule has 0 bridgehead atoms. The van der Waals surface area contributed by atoms with Gasteiger partial charge in [-0.05, 0) is 32.3 Å². The number of para-hydroxylation sites is 1. The molecule has 1 aromatic carbocycles. The molecule has 1 aromatic heterocycles. The Balaban J connectivity index is 1.74. The lowest BCUT2D eigenvalue weighted by molar-refractivity contribution is -0.116. The first-order chi connectivity index (χ1) is 14.2. The minimum Gasteiger partial charge on any atom is -0.494 e. The molecule has 6 nitrogen and oxygen atoms in total. The van der Waals surface area contributed by atoms with E-state index in [9.17, 15) is 4.79 Å². The second kappa shape index (κ2) is 9.03. The van der Waals surface area contributed by atoms with Crippen molar-refractivity contribution in [1.29, 1.82) is 0 Å². The van der Waals surface area contributed by atoms with Gasteiger partial charge in [0.15, 0.2) is 5.78 Å². The molecule has 4 rings (SSSR count). The lowest BCUT2D eigenvalue weighted by atomic mass is 9.85. The van der Waals surface area contributed by atoms with Crippen LogP contribution < -0.4 is 10.1 Å². The first kappa shape index (κ1) is 20.0. The van der Waals surface area contributed by atoms with Crippen molar-refractivity contribution in [2.75, 3.05) is 17.7 Å². The minimum absolute atomic E-state index is 0.188. The van der Waals surface area contributed by atoms with Gasteiger partial charge in [-0.2, -0.15) is 4.98 Å². The average molecular weight is 413 g/mol. The third-order valence-corrected chi connectivity index (χ3v) is 6.27. The average Bonchev–Trinajstić information content (AvgIpc) is 3.13. The van der Waals surface area contributed by atoms with Gasteiger partial charge in [0.2, 0.25) is 11.1 Å². The number of anilines is 1. The number of ketones is 1. The number of benzene rings is 1. The predicted molar refractivity (Wildman–Crippen MR) is 116 cm³/mol. The van der Waals surface area contributed by atoms with Crippen LogP contribution in [0, 0.1) is 0 Å². The van der Waals surface area contributed by atoms with Gasteiger partial charge in [0.1, 0.15) is 11.8 Å². The first-order valence-corrected chi connectivity index (χ1v) is 11.6. The lowest BCUT2D eigenvalue weighted by Crippen LogP contribution is -2.31. The molecule has 0 saturated heterocycles. The molecule has 0 fully saturated rings. The van der Waals surface area contributed by atoms with E-state index in [0.29, 0.717) is 19.0 Å². The molecule has 2 aliphatic rings. The van der Waals surface area contributed by atoms with Crippen molar-refractivity contribution in [2.24, 2.45) is 0 Å². The van der Waals surface area contributed by atoms with Crippen LogP contribution in [0.2, 0.25) is 0 Å². The molecule has 1 aliphatic carbocycles. The molecule has 154 valence electrons. The van der Waals surface area contributed by atoms with E-state index in [-0.39, 0.29) is 11.8 Å². The Morgan fingerprint density at radius 3 is 2.93 bits per heavy atom. The first-order valence-electron chi connectivity index (χ1n) is 10.6. The number of aromatic nitrogens is 3. The van der Waals surface area contributed by atoms with Gasteiger partial charge in [0.05, 0.1) is 6.61 Å². The van der Waals surface area contributed by atoms with E-state index in [1.165, 1.54) is 12.8 Å². The number of allylic oxidation sites excluding steroid dienone is 2. The summed E-state index contributed by atoms with van der Waals surface area (Å²) in [7, 11) is 0. The molecule has 29 heavy (non-hydrogen) atoms. The monoisotopic (exact) mass is 412 g/mol. The molecular formula is C22H28N4O2S. The second-order valence-corrected chi connectivity index (χ2v) is 8.45. The number of unbranched alkanes of at least 4 members (excludes halogenated alkanes) is 2. The number of rotatable bonds is 8. The Morgan fingerprint density at radius 2 is 2.10 bits per heavy atom. The zero-order chi connectivity index (χ0) is 20.2. The molecule has 0 unspecified atom stereocenters. The summed E-state index contributed by atoms with van der Waals surface area (Å²) in [6.07, 6.45) is 5.88. The Morgan fingerprint density at radius 1 is 1.24 bits per heavy atom. The molecule has 1 aliphatic heterocycles. The van der Waals surface area contributed by atoms with Gasteiger partial charge >= 0.3 is 0 Å². The van der Waals surface area contributed by atoms with Crippen LogP contribution in [0.3, 0.4) is 0 Å². The normalized spacial score (nSPS) is 18.3. The van der Waals surface area contributed by atoms with Crippen molar-refractivity contribution in [1.82, 2.24) is 14.8 Å². The highest BCUT2D eigenvalue weighted by Gasteiger charge is 2.38. The van der Waals surface area contributed by atoms with Gasteiger partial charge in [-0.15, -0.1) is 5.10 Å². The van der Waals surface area contributed by atoms with Gasteiger partial charge in [-0.25, -0.2) is 4.68 Å². The van der Waals surface area contributed by atoms with E-state index in [1.54, 1.807) is 11.8 Å². The number of nitrogens with zero attached hydrogens (tertiary/aromatic N) is 3. The van der Waals surface area contributed by atoms with Gasteiger partial charge < -0.3 is 10.1 Å². The highest BCUT2D eigenvalue weighted by molar-refractivity contribution is 7.99. The van der Waals surface area contributed by atoms with Crippen LogP contribution in [-0.2, 0) is 4.79 Å². The number of fused-ring (bicyclic) bond motifs is 1. The number of carbonyl (C=O) groups is 1. The van der Waals surface area contributed by atoms with E-state index < -0.39 is 0 Å². The molecule has 0 amide bonds. The molecule has 0 spiro atoms. The molecule has 1 N–H and O–H groups in total. The SMILES string of the molecule is CCCCCSc1nc2n(n1)[C@@H](c1ccccc1OCC)C1=C(CCCC1=O)N2. The number of Topliss-reactive ketones (excluding diaryl/α,β-unsaturated/α-hetero) is 1. The molecular weight excluding hydrogens is 384 g/mol. The van der Waals surface area contributed by atoms with E-state index in [4.69, 9.17) is 14.8 Å². The molecule has 0 radical (unpaired) electrons. The fraction of sp³-hybridized carbons (Fsp3) is 0.500. The number of ether oxygens (including phenoxy) is 1. The van der Waals surface area contributed by atoms with Crippen molar-refractivity contribution in [3.8, 4) is 5.75 Å². The zero-order valence-electron chi connectivity index (χ0n) is 17.1. The van der Waals surface area contributed by atoms with Crippen molar-refractivity contribution < 1.29 is 9.53 Å². The lowest BCUT2D eigenvalue weighted by Gasteiger charge is -2.32.